The van der Waals surface area contributed by atoms with Gasteiger partial charge in [-0.3, -0.25) is 4.98 Å². The van der Waals surface area contributed by atoms with Gasteiger partial charge < -0.3 is 10.5 Å². The summed E-state index contributed by atoms with van der Waals surface area (Å²) in [6, 6.07) is 5.72. The Hall–Kier alpha value is -1.10. The molecule has 2 aromatic rings. The van der Waals surface area contributed by atoms with E-state index in [0.717, 1.165) is 11.3 Å². The van der Waals surface area contributed by atoms with Crippen molar-refractivity contribution in [2.24, 2.45) is 5.73 Å². The van der Waals surface area contributed by atoms with Crippen LogP contribution in [0.4, 0.5) is 0 Å². The van der Waals surface area contributed by atoms with Gasteiger partial charge in [0.25, 0.3) is 0 Å². The summed E-state index contributed by atoms with van der Waals surface area (Å²) in [5.74, 6) is 0.643. The molecule has 0 amide bonds. The fourth-order valence-corrected chi connectivity index (χ4v) is 2.62. The number of hydrogen-bond donors (Lipinski definition) is 1. The van der Waals surface area contributed by atoms with E-state index in [4.69, 9.17) is 22.1 Å². The molecule has 2 aromatic heterocycles. The molecule has 0 saturated carbocycles. The highest BCUT2D eigenvalue weighted by molar-refractivity contribution is 7.10. The van der Waals surface area contributed by atoms with Gasteiger partial charge in [-0.25, -0.2) is 0 Å². The van der Waals surface area contributed by atoms with E-state index < -0.39 is 0 Å². The normalized spacial score (nSPS) is 14.2. The number of pyridine rings is 1. The molecule has 0 saturated heterocycles. The highest BCUT2D eigenvalue weighted by Gasteiger charge is 2.21. The Morgan fingerprint density at radius 1 is 1.50 bits per heavy atom. The third-order valence-electron chi connectivity index (χ3n) is 2.63. The molecule has 0 bridgehead atoms. The van der Waals surface area contributed by atoms with E-state index >= 15 is 0 Å². The number of hydrogen-bond acceptors (Lipinski definition) is 4. The Morgan fingerprint density at radius 2 is 2.33 bits per heavy atom. The Morgan fingerprint density at radius 3 is 2.94 bits per heavy atom. The number of nitrogens with two attached hydrogens (primary N) is 1. The van der Waals surface area contributed by atoms with E-state index in [2.05, 4.69) is 4.98 Å². The predicted molar refractivity (Wildman–Crippen MR) is 75.2 cm³/mol. The van der Waals surface area contributed by atoms with Gasteiger partial charge in [0.1, 0.15) is 11.9 Å². The third-order valence-corrected chi connectivity index (χ3v) is 3.77. The summed E-state index contributed by atoms with van der Waals surface area (Å²) in [5, 5.41) is 2.58. The molecule has 0 aliphatic rings. The molecular formula is C13H15ClN2OS. The van der Waals surface area contributed by atoms with Crippen molar-refractivity contribution in [2.75, 3.05) is 0 Å². The second-order valence-corrected chi connectivity index (χ2v) is 5.38. The molecule has 0 aromatic carbocycles. The van der Waals surface area contributed by atoms with Gasteiger partial charge >= 0.3 is 0 Å². The fraction of sp³-hybridized carbons (Fsp3) is 0.308. The highest BCUT2D eigenvalue weighted by atomic mass is 35.5. The van der Waals surface area contributed by atoms with E-state index in [-0.39, 0.29) is 12.1 Å². The maximum atomic E-state index is 6.12. The van der Waals surface area contributed by atoms with Crippen LogP contribution in [0.1, 0.15) is 24.3 Å². The number of aromatic nitrogens is 1. The standard InChI is InChI=1S/C13H15ClN2OS/c1-2-11(15)13(12-4-3-5-18-12)17-10-6-9(14)7-16-8-10/h3-8,11,13H,2,15H2,1H3. The van der Waals surface area contributed by atoms with E-state index in [1.807, 2.05) is 24.4 Å². The number of ether oxygens (including phenoxy) is 1. The molecule has 0 spiro atoms. The van der Waals surface area contributed by atoms with Crippen LogP contribution in [0.25, 0.3) is 0 Å². The average molecular weight is 283 g/mol. The van der Waals surface area contributed by atoms with E-state index in [9.17, 15) is 0 Å². The molecule has 3 nitrogen and oxygen atoms in total. The number of thiophene rings is 1. The SMILES string of the molecule is CCC(N)C(Oc1cncc(Cl)c1)c1cccs1. The van der Waals surface area contributed by atoms with Crippen LogP contribution in [0.3, 0.4) is 0 Å². The quantitative estimate of drug-likeness (QED) is 0.910. The highest BCUT2D eigenvalue weighted by Crippen LogP contribution is 2.29. The topological polar surface area (TPSA) is 48.1 Å². The first-order valence-electron chi connectivity index (χ1n) is 5.77. The smallest absolute Gasteiger partial charge is 0.148 e. The van der Waals surface area contributed by atoms with Gasteiger partial charge in [-0.2, -0.15) is 0 Å². The zero-order valence-electron chi connectivity index (χ0n) is 10.0. The number of rotatable bonds is 5. The van der Waals surface area contributed by atoms with Gasteiger partial charge in [-0.05, 0) is 17.9 Å². The van der Waals surface area contributed by atoms with Crippen LogP contribution in [0.2, 0.25) is 5.02 Å². The number of halogens is 1. The van der Waals surface area contributed by atoms with Crippen molar-refractivity contribution in [3.8, 4) is 5.75 Å². The molecule has 0 aliphatic carbocycles. The minimum atomic E-state index is -0.157. The second kappa shape index (κ2) is 6.18. The Bertz CT molecular complexity index is 489. The molecular weight excluding hydrogens is 268 g/mol. The van der Waals surface area contributed by atoms with Gasteiger partial charge in [-0.15, -0.1) is 11.3 Å². The molecule has 2 N–H and O–H groups in total. The lowest BCUT2D eigenvalue weighted by atomic mass is 10.1. The van der Waals surface area contributed by atoms with Crippen molar-refractivity contribution < 1.29 is 4.74 Å². The zero-order chi connectivity index (χ0) is 13.0. The van der Waals surface area contributed by atoms with Crippen LogP contribution in [0.5, 0.6) is 5.75 Å². The molecule has 2 rings (SSSR count). The third kappa shape index (κ3) is 3.22. The Labute approximate surface area is 116 Å². The summed E-state index contributed by atoms with van der Waals surface area (Å²) < 4.78 is 5.93. The van der Waals surface area contributed by atoms with Gasteiger partial charge in [0, 0.05) is 23.2 Å². The summed E-state index contributed by atoms with van der Waals surface area (Å²) in [5.41, 5.74) is 6.12. The van der Waals surface area contributed by atoms with Crippen LogP contribution < -0.4 is 10.5 Å². The van der Waals surface area contributed by atoms with Crippen molar-refractivity contribution in [3.63, 3.8) is 0 Å². The predicted octanol–water partition coefficient (Wildman–Crippen LogP) is 3.65. The first-order chi connectivity index (χ1) is 8.70. The maximum absolute atomic E-state index is 6.12. The fourth-order valence-electron chi connectivity index (χ4n) is 1.63. The zero-order valence-corrected chi connectivity index (χ0v) is 11.6. The minimum Gasteiger partial charge on any atom is -0.482 e. The first-order valence-corrected chi connectivity index (χ1v) is 7.02. The monoisotopic (exact) mass is 282 g/mol. The van der Waals surface area contributed by atoms with Gasteiger partial charge in [0.05, 0.1) is 11.2 Å². The minimum absolute atomic E-state index is 0.0531. The summed E-state index contributed by atoms with van der Waals surface area (Å²) in [6.07, 6.45) is 3.91. The van der Waals surface area contributed by atoms with Crippen LogP contribution >= 0.6 is 22.9 Å². The Kier molecular flexibility index (Phi) is 4.58. The molecule has 96 valence electrons. The van der Waals surface area contributed by atoms with Crippen molar-refractivity contribution in [1.82, 2.24) is 4.98 Å². The molecule has 0 radical (unpaired) electrons. The van der Waals surface area contributed by atoms with E-state index in [1.54, 1.807) is 29.8 Å². The summed E-state index contributed by atoms with van der Waals surface area (Å²) >= 11 is 7.54. The largest absolute Gasteiger partial charge is 0.482 e. The maximum Gasteiger partial charge on any atom is 0.148 e. The van der Waals surface area contributed by atoms with Crippen molar-refractivity contribution in [3.05, 3.63) is 45.9 Å². The Balaban J connectivity index is 2.20. The molecule has 2 atom stereocenters. The van der Waals surface area contributed by atoms with Crippen LogP contribution in [0, 0.1) is 0 Å². The van der Waals surface area contributed by atoms with Crippen molar-refractivity contribution in [1.29, 1.82) is 0 Å². The van der Waals surface area contributed by atoms with Crippen molar-refractivity contribution >= 4 is 22.9 Å². The molecule has 2 heterocycles. The first kappa shape index (κ1) is 13.3. The van der Waals surface area contributed by atoms with E-state index in [1.165, 1.54) is 0 Å². The van der Waals surface area contributed by atoms with Gasteiger partial charge in [0.2, 0.25) is 0 Å². The van der Waals surface area contributed by atoms with Crippen LogP contribution in [0.15, 0.2) is 36.0 Å². The van der Waals surface area contributed by atoms with Crippen LogP contribution in [-0.4, -0.2) is 11.0 Å². The second-order valence-electron chi connectivity index (χ2n) is 3.96. The molecule has 2 unspecified atom stereocenters. The van der Waals surface area contributed by atoms with E-state index in [0.29, 0.717) is 10.8 Å². The molecule has 5 heteroatoms. The molecule has 0 aliphatic heterocycles. The molecule has 18 heavy (non-hydrogen) atoms. The van der Waals surface area contributed by atoms with Crippen LogP contribution in [-0.2, 0) is 0 Å². The summed E-state index contributed by atoms with van der Waals surface area (Å²) in [4.78, 5) is 5.12. The van der Waals surface area contributed by atoms with Gasteiger partial charge in [-0.1, -0.05) is 24.6 Å². The number of nitrogens with zero attached hydrogens (tertiary/aromatic N) is 1. The summed E-state index contributed by atoms with van der Waals surface area (Å²) in [6.45, 7) is 2.05. The molecule has 0 fully saturated rings. The average Bonchev–Trinajstić information content (AvgIpc) is 2.89. The van der Waals surface area contributed by atoms with Gasteiger partial charge in [0.15, 0.2) is 0 Å². The van der Waals surface area contributed by atoms with Crippen molar-refractivity contribution in [2.45, 2.75) is 25.5 Å². The lowest BCUT2D eigenvalue weighted by Crippen LogP contribution is -2.30. The lowest BCUT2D eigenvalue weighted by Gasteiger charge is -2.23. The lowest BCUT2D eigenvalue weighted by molar-refractivity contribution is 0.174. The summed E-state index contributed by atoms with van der Waals surface area (Å²) in [7, 11) is 0.